The predicted molar refractivity (Wildman–Crippen MR) is 98.0 cm³/mol. The van der Waals surface area contributed by atoms with Gasteiger partial charge in [0.15, 0.2) is 0 Å². The van der Waals surface area contributed by atoms with E-state index in [1.807, 2.05) is 0 Å². The first-order valence-corrected chi connectivity index (χ1v) is 8.77. The highest BCUT2D eigenvalue weighted by molar-refractivity contribution is 5.94. The fraction of sp³-hybridized carbons (Fsp3) is 0.444. The number of nitrogens with zero attached hydrogens (tertiary/aromatic N) is 2. The molecule has 150 valence electrons. The molecular weight excluding hydrogens is 368 g/mol. The third-order valence-electron chi connectivity index (χ3n) is 4.69. The van der Waals surface area contributed by atoms with Crippen molar-refractivity contribution in [3.8, 4) is 0 Å². The minimum Gasteiger partial charge on any atom is -0.388 e. The maximum absolute atomic E-state index is 12.3. The number of aliphatic hydroxyl groups is 2. The van der Waals surface area contributed by atoms with Gasteiger partial charge in [-0.25, -0.2) is 4.79 Å². The van der Waals surface area contributed by atoms with Gasteiger partial charge in [0.2, 0.25) is 0 Å². The highest BCUT2D eigenvalue weighted by atomic mass is 16.5. The van der Waals surface area contributed by atoms with Gasteiger partial charge >= 0.3 is 5.69 Å². The summed E-state index contributed by atoms with van der Waals surface area (Å²) in [6.07, 6.45) is -0.494. The molecule has 3 heterocycles. The van der Waals surface area contributed by atoms with Crippen molar-refractivity contribution < 1.29 is 19.7 Å². The van der Waals surface area contributed by atoms with Crippen LogP contribution in [0.25, 0.3) is 0 Å². The lowest BCUT2D eigenvalue weighted by Gasteiger charge is -2.38. The fourth-order valence-electron chi connectivity index (χ4n) is 3.14. The molecule has 1 amide bonds. The Balaban J connectivity index is 1.68. The molecule has 4 atom stereocenters. The van der Waals surface area contributed by atoms with Crippen LogP contribution >= 0.6 is 0 Å². The van der Waals surface area contributed by atoms with Crippen LogP contribution in [0.2, 0.25) is 0 Å². The van der Waals surface area contributed by atoms with Crippen molar-refractivity contribution in [3.63, 3.8) is 0 Å². The Morgan fingerprint density at radius 2 is 2.04 bits per heavy atom. The molecule has 0 radical (unpaired) electrons. The van der Waals surface area contributed by atoms with Crippen molar-refractivity contribution in [1.82, 2.24) is 19.9 Å². The summed E-state index contributed by atoms with van der Waals surface area (Å²) in [5.74, 6) is -0.442. The molecule has 0 unspecified atom stereocenters. The largest absolute Gasteiger partial charge is 0.388 e. The van der Waals surface area contributed by atoms with E-state index in [0.29, 0.717) is 11.3 Å². The van der Waals surface area contributed by atoms with E-state index in [4.69, 9.17) is 4.74 Å². The summed E-state index contributed by atoms with van der Waals surface area (Å²) in [5, 5.41) is 23.4. The molecule has 1 aliphatic heterocycles. The number of ether oxygens (including phenoxy) is 1. The number of rotatable bonds is 4. The van der Waals surface area contributed by atoms with E-state index in [0.717, 1.165) is 5.56 Å². The molecule has 3 rings (SSSR count). The number of hydrogen-bond acceptors (Lipinski definition) is 7. The molecule has 2 aromatic heterocycles. The quantitative estimate of drug-likeness (QED) is 0.495. The molecule has 1 saturated heterocycles. The molecule has 28 heavy (non-hydrogen) atoms. The Bertz CT molecular complexity index is 985. The number of carbonyl (C=O) groups is 1. The van der Waals surface area contributed by atoms with E-state index >= 15 is 0 Å². The number of hydrogen-bond donors (Lipinski definition) is 4. The molecule has 0 saturated carbocycles. The number of carbonyl (C=O) groups excluding carboxylic acids is 1. The first-order valence-electron chi connectivity index (χ1n) is 8.77. The lowest BCUT2D eigenvalue weighted by molar-refractivity contribution is -0.152. The zero-order valence-electron chi connectivity index (χ0n) is 15.5. The molecule has 10 heteroatoms. The average molecular weight is 390 g/mol. The third kappa shape index (κ3) is 4.19. The van der Waals surface area contributed by atoms with E-state index in [2.05, 4.69) is 15.3 Å². The van der Waals surface area contributed by atoms with Crippen molar-refractivity contribution in [2.45, 2.75) is 44.7 Å². The zero-order chi connectivity index (χ0) is 20.4. The zero-order valence-corrected chi connectivity index (χ0v) is 15.5. The maximum atomic E-state index is 12.3. The Morgan fingerprint density at radius 3 is 2.71 bits per heavy atom. The smallest absolute Gasteiger partial charge is 0.328 e. The second kappa shape index (κ2) is 8.05. The van der Waals surface area contributed by atoms with Crippen LogP contribution in [0.15, 0.2) is 34.1 Å². The van der Waals surface area contributed by atoms with Crippen molar-refractivity contribution in [3.05, 3.63) is 62.2 Å². The van der Waals surface area contributed by atoms with Gasteiger partial charge in [0, 0.05) is 24.2 Å². The monoisotopic (exact) mass is 390 g/mol. The molecule has 1 aliphatic rings. The molecule has 0 aromatic carbocycles. The van der Waals surface area contributed by atoms with Gasteiger partial charge in [0.1, 0.15) is 18.3 Å². The van der Waals surface area contributed by atoms with Gasteiger partial charge in [-0.05, 0) is 25.5 Å². The molecule has 0 aliphatic carbocycles. The third-order valence-corrected chi connectivity index (χ3v) is 4.69. The molecule has 0 spiro atoms. The number of aryl methyl sites for hydroxylation is 2. The van der Waals surface area contributed by atoms with E-state index in [1.165, 1.54) is 16.8 Å². The number of aromatic amines is 1. The van der Waals surface area contributed by atoms with Crippen LogP contribution in [0.3, 0.4) is 0 Å². The van der Waals surface area contributed by atoms with Crippen molar-refractivity contribution in [2.24, 2.45) is 0 Å². The van der Waals surface area contributed by atoms with Crippen LogP contribution in [-0.4, -0.2) is 61.6 Å². The molecule has 4 N–H and O–H groups in total. The second-order valence-corrected chi connectivity index (χ2v) is 6.87. The normalized spacial score (nSPS) is 24.7. The topological polar surface area (TPSA) is 147 Å². The van der Waals surface area contributed by atoms with Gasteiger partial charge in [-0.3, -0.25) is 24.1 Å². The number of pyridine rings is 1. The lowest BCUT2D eigenvalue weighted by atomic mass is 9.97. The van der Waals surface area contributed by atoms with Crippen LogP contribution in [0.4, 0.5) is 0 Å². The Morgan fingerprint density at radius 1 is 1.29 bits per heavy atom. The standard InChI is InChI=1S/C18H22N4O6/c1-9-3-11(6-19-5-9)17(26)20-12-8-28-13(16(25)15(12)24)7-22-10(2)4-14(23)21-18(22)27/h3-6,12-13,15-16,24-25H,7-8H2,1-2H3,(H,20,26)(H,21,23,27)/t12-,13-,15+,16-/m1/s1. The van der Waals surface area contributed by atoms with Gasteiger partial charge in [-0.1, -0.05) is 0 Å². The molecule has 2 aromatic rings. The summed E-state index contributed by atoms with van der Waals surface area (Å²) in [7, 11) is 0. The Kier molecular flexibility index (Phi) is 5.73. The number of nitrogens with one attached hydrogen (secondary N) is 2. The summed E-state index contributed by atoms with van der Waals surface area (Å²) < 4.78 is 6.84. The maximum Gasteiger partial charge on any atom is 0.328 e. The summed E-state index contributed by atoms with van der Waals surface area (Å²) in [4.78, 5) is 41.7. The van der Waals surface area contributed by atoms with E-state index < -0.39 is 41.5 Å². The van der Waals surface area contributed by atoms with E-state index in [9.17, 15) is 24.6 Å². The number of aliphatic hydroxyl groups excluding tert-OH is 2. The number of aromatic nitrogens is 3. The van der Waals surface area contributed by atoms with Crippen LogP contribution < -0.4 is 16.6 Å². The van der Waals surface area contributed by atoms with Crippen molar-refractivity contribution >= 4 is 5.91 Å². The highest BCUT2D eigenvalue weighted by Gasteiger charge is 2.39. The molecule has 0 bridgehead atoms. The molecular formula is C18H22N4O6. The second-order valence-electron chi connectivity index (χ2n) is 6.87. The van der Waals surface area contributed by atoms with Crippen LogP contribution in [0, 0.1) is 13.8 Å². The van der Waals surface area contributed by atoms with E-state index in [-0.39, 0.29) is 13.2 Å². The Labute approximate surface area is 159 Å². The average Bonchev–Trinajstić information content (AvgIpc) is 2.63. The van der Waals surface area contributed by atoms with Crippen LogP contribution in [-0.2, 0) is 11.3 Å². The van der Waals surface area contributed by atoms with Crippen molar-refractivity contribution in [1.29, 1.82) is 0 Å². The minimum atomic E-state index is -1.34. The van der Waals surface area contributed by atoms with Gasteiger partial charge in [0.25, 0.3) is 11.5 Å². The summed E-state index contributed by atoms with van der Waals surface area (Å²) >= 11 is 0. The van der Waals surface area contributed by atoms with Gasteiger partial charge in [0.05, 0.1) is 24.8 Å². The fourth-order valence-corrected chi connectivity index (χ4v) is 3.14. The SMILES string of the molecule is Cc1cncc(C(=O)N[C@@H]2CO[C@H](Cn3c(C)cc(=O)[nH]c3=O)[C@@H](O)[C@H]2O)c1. The lowest BCUT2D eigenvalue weighted by Crippen LogP contribution is -2.60. The van der Waals surface area contributed by atoms with Gasteiger partial charge < -0.3 is 20.3 Å². The number of H-pyrrole nitrogens is 1. The number of amides is 1. The summed E-state index contributed by atoms with van der Waals surface area (Å²) in [6, 6.07) is 2.09. The van der Waals surface area contributed by atoms with Gasteiger partial charge in [-0.15, -0.1) is 0 Å². The predicted octanol–water partition coefficient (Wildman–Crippen LogP) is -1.53. The molecule has 10 nitrogen and oxygen atoms in total. The van der Waals surface area contributed by atoms with Gasteiger partial charge in [-0.2, -0.15) is 0 Å². The molecule has 1 fully saturated rings. The summed E-state index contributed by atoms with van der Waals surface area (Å²) in [6.45, 7) is 3.28. The highest BCUT2D eigenvalue weighted by Crippen LogP contribution is 2.18. The van der Waals surface area contributed by atoms with Crippen LogP contribution in [0.1, 0.15) is 21.6 Å². The van der Waals surface area contributed by atoms with E-state index in [1.54, 1.807) is 26.1 Å². The Hall–Kier alpha value is -2.82. The summed E-state index contributed by atoms with van der Waals surface area (Å²) in [5.41, 5.74) is 0.408. The first-order chi connectivity index (χ1) is 13.3. The minimum absolute atomic E-state index is 0.0506. The van der Waals surface area contributed by atoms with Crippen molar-refractivity contribution in [2.75, 3.05) is 6.61 Å². The van der Waals surface area contributed by atoms with Crippen LogP contribution in [0.5, 0.6) is 0 Å². The first kappa shape index (κ1) is 19.9.